The smallest absolute Gasteiger partial charge is 0.328 e. The predicted molar refractivity (Wildman–Crippen MR) is 60.7 cm³/mol. The molecule has 17 heavy (non-hydrogen) atoms. The van der Waals surface area contributed by atoms with Crippen molar-refractivity contribution in [3.05, 3.63) is 0 Å². The van der Waals surface area contributed by atoms with E-state index in [2.05, 4.69) is 10.2 Å². The summed E-state index contributed by atoms with van der Waals surface area (Å²) in [5, 5.41) is 19.8. The summed E-state index contributed by atoms with van der Waals surface area (Å²) < 4.78 is 0. The van der Waals surface area contributed by atoms with Gasteiger partial charge >= 0.3 is 12.0 Å². The van der Waals surface area contributed by atoms with E-state index in [1.54, 1.807) is 4.90 Å². The van der Waals surface area contributed by atoms with Crippen molar-refractivity contribution in [2.75, 3.05) is 33.3 Å². The van der Waals surface area contributed by atoms with Crippen LogP contribution in [0.4, 0.5) is 4.79 Å². The summed E-state index contributed by atoms with van der Waals surface area (Å²) in [6.07, 6.45) is 0. The van der Waals surface area contributed by atoms with Gasteiger partial charge in [0.05, 0.1) is 6.61 Å². The number of hydrogen-bond donors (Lipinski definition) is 3. The van der Waals surface area contributed by atoms with Gasteiger partial charge in [0.1, 0.15) is 0 Å². The van der Waals surface area contributed by atoms with Gasteiger partial charge < -0.3 is 25.3 Å². The molecule has 1 aliphatic heterocycles. The molecule has 1 fully saturated rings. The van der Waals surface area contributed by atoms with Gasteiger partial charge in [0.15, 0.2) is 6.04 Å². The lowest BCUT2D eigenvalue weighted by molar-refractivity contribution is -0.140. The van der Waals surface area contributed by atoms with Gasteiger partial charge in [-0.15, -0.1) is 0 Å². The normalized spacial score (nSPS) is 23.2. The number of aliphatic hydroxyl groups excluding tert-OH is 1. The van der Waals surface area contributed by atoms with Crippen molar-refractivity contribution in [2.24, 2.45) is 0 Å². The van der Waals surface area contributed by atoms with Crippen LogP contribution in [0.25, 0.3) is 0 Å². The molecule has 0 aliphatic carbocycles. The Bertz CT molecular complexity index is 297. The molecule has 1 unspecified atom stereocenters. The molecule has 0 aromatic rings. The Balaban J connectivity index is 2.50. The molecule has 0 bridgehead atoms. The van der Waals surface area contributed by atoms with Crippen LogP contribution in [0.2, 0.25) is 0 Å². The van der Waals surface area contributed by atoms with E-state index in [0.717, 1.165) is 6.54 Å². The number of aliphatic carboxylic acids is 1. The van der Waals surface area contributed by atoms with E-state index in [9.17, 15) is 9.59 Å². The van der Waals surface area contributed by atoms with Crippen molar-refractivity contribution in [2.45, 2.75) is 19.0 Å². The first-order chi connectivity index (χ1) is 7.95. The third-order valence-electron chi connectivity index (χ3n) is 3.03. The van der Waals surface area contributed by atoms with E-state index in [1.165, 1.54) is 0 Å². The van der Waals surface area contributed by atoms with Gasteiger partial charge in [0.2, 0.25) is 0 Å². The number of carbonyl (C=O) groups excluding carboxylic acids is 1. The molecule has 7 heteroatoms. The molecule has 0 radical (unpaired) electrons. The van der Waals surface area contributed by atoms with E-state index in [1.807, 2.05) is 14.0 Å². The van der Waals surface area contributed by atoms with Crippen LogP contribution in [0.5, 0.6) is 0 Å². The van der Waals surface area contributed by atoms with Crippen molar-refractivity contribution in [3.8, 4) is 0 Å². The van der Waals surface area contributed by atoms with Crippen molar-refractivity contribution in [1.82, 2.24) is 15.1 Å². The highest BCUT2D eigenvalue weighted by atomic mass is 16.4. The van der Waals surface area contributed by atoms with Gasteiger partial charge in [0, 0.05) is 25.7 Å². The van der Waals surface area contributed by atoms with E-state index in [4.69, 9.17) is 10.2 Å². The molecule has 98 valence electrons. The van der Waals surface area contributed by atoms with Crippen LogP contribution in [0.3, 0.4) is 0 Å². The summed E-state index contributed by atoms with van der Waals surface area (Å²) in [6, 6.07) is -1.43. The Labute approximate surface area is 100.0 Å². The number of rotatable bonds is 3. The number of carbonyl (C=O) groups is 2. The molecule has 0 spiro atoms. The third kappa shape index (κ3) is 3.57. The van der Waals surface area contributed by atoms with Crippen LogP contribution in [0, 0.1) is 0 Å². The quantitative estimate of drug-likeness (QED) is 0.579. The summed E-state index contributed by atoms with van der Waals surface area (Å²) >= 11 is 0. The molecule has 1 saturated heterocycles. The van der Waals surface area contributed by atoms with Crippen LogP contribution < -0.4 is 5.32 Å². The van der Waals surface area contributed by atoms with E-state index >= 15 is 0 Å². The number of aliphatic hydroxyl groups is 1. The molecule has 2 amide bonds. The Hall–Kier alpha value is -1.34. The highest BCUT2D eigenvalue weighted by Crippen LogP contribution is 2.07. The van der Waals surface area contributed by atoms with Gasteiger partial charge in [-0.3, -0.25) is 0 Å². The molecular weight excluding hydrogens is 226 g/mol. The van der Waals surface area contributed by atoms with Crippen LogP contribution in [0.15, 0.2) is 0 Å². The fourth-order valence-electron chi connectivity index (χ4n) is 1.66. The zero-order valence-electron chi connectivity index (χ0n) is 10.1. The van der Waals surface area contributed by atoms with Gasteiger partial charge in [0.25, 0.3) is 0 Å². The minimum atomic E-state index is -1.24. The minimum absolute atomic E-state index is 0.243. The second-order valence-electron chi connectivity index (χ2n) is 4.30. The number of nitrogens with zero attached hydrogens (tertiary/aromatic N) is 2. The first-order valence-corrected chi connectivity index (χ1v) is 5.55. The molecule has 1 heterocycles. The number of carboxylic acid groups (broad SMARTS) is 1. The average Bonchev–Trinajstić information content (AvgIpc) is 2.28. The highest BCUT2D eigenvalue weighted by molar-refractivity contribution is 5.82. The maximum Gasteiger partial charge on any atom is 0.328 e. The average molecular weight is 245 g/mol. The second kappa shape index (κ2) is 5.83. The first kappa shape index (κ1) is 13.7. The highest BCUT2D eigenvalue weighted by Gasteiger charge is 2.27. The summed E-state index contributed by atoms with van der Waals surface area (Å²) in [7, 11) is 1.98. The molecule has 2 atom stereocenters. The zero-order valence-corrected chi connectivity index (χ0v) is 10.1. The fourth-order valence-corrected chi connectivity index (χ4v) is 1.66. The summed E-state index contributed by atoms with van der Waals surface area (Å²) in [4.78, 5) is 26.1. The topological polar surface area (TPSA) is 93.1 Å². The lowest BCUT2D eigenvalue weighted by Gasteiger charge is -2.37. The lowest BCUT2D eigenvalue weighted by atomic mass is 10.2. The predicted octanol–water partition coefficient (Wildman–Crippen LogP) is -1.22. The summed E-state index contributed by atoms with van der Waals surface area (Å²) in [5.74, 6) is -1.23. The number of nitrogens with one attached hydrogen (secondary N) is 1. The monoisotopic (exact) mass is 245 g/mol. The van der Waals surface area contributed by atoms with Gasteiger partial charge in [-0.2, -0.15) is 0 Å². The zero-order chi connectivity index (χ0) is 13.0. The van der Waals surface area contributed by atoms with Gasteiger partial charge in [-0.05, 0) is 14.0 Å². The van der Waals surface area contributed by atoms with Crippen molar-refractivity contribution in [3.63, 3.8) is 0 Å². The Morgan fingerprint density at radius 3 is 2.59 bits per heavy atom. The molecule has 0 aromatic heterocycles. The maximum atomic E-state index is 11.7. The molecule has 7 nitrogen and oxygen atoms in total. The molecule has 1 aliphatic rings. The molecule has 0 saturated carbocycles. The fraction of sp³-hybridized carbons (Fsp3) is 0.800. The van der Waals surface area contributed by atoms with E-state index < -0.39 is 24.6 Å². The maximum absolute atomic E-state index is 11.7. The number of piperazine rings is 1. The number of likely N-dealkylation sites (N-methyl/N-ethyl adjacent to an activating group) is 1. The van der Waals surface area contributed by atoms with Crippen LogP contribution >= 0.6 is 0 Å². The number of carboxylic acids is 1. The van der Waals surface area contributed by atoms with E-state index in [0.29, 0.717) is 13.1 Å². The number of hydrogen-bond acceptors (Lipinski definition) is 4. The first-order valence-electron chi connectivity index (χ1n) is 5.55. The molecule has 0 aromatic carbocycles. The SMILES string of the molecule is CC1CN(C(=O)N[C@H](CO)C(=O)O)CCN1C. The Morgan fingerprint density at radius 2 is 2.12 bits per heavy atom. The minimum Gasteiger partial charge on any atom is -0.480 e. The largest absolute Gasteiger partial charge is 0.480 e. The molecule has 3 N–H and O–H groups in total. The van der Waals surface area contributed by atoms with Crippen LogP contribution in [-0.2, 0) is 4.79 Å². The van der Waals surface area contributed by atoms with E-state index in [-0.39, 0.29) is 6.04 Å². The number of urea groups is 1. The lowest BCUT2D eigenvalue weighted by Crippen LogP contribution is -2.57. The molecular formula is C10H19N3O4. The second-order valence-corrected chi connectivity index (χ2v) is 4.30. The van der Waals surface area contributed by atoms with Crippen molar-refractivity contribution in [1.29, 1.82) is 0 Å². The Morgan fingerprint density at radius 1 is 1.47 bits per heavy atom. The van der Waals surface area contributed by atoms with Crippen molar-refractivity contribution >= 4 is 12.0 Å². The van der Waals surface area contributed by atoms with Gasteiger partial charge in [-0.1, -0.05) is 0 Å². The summed E-state index contributed by atoms with van der Waals surface area (Å²) in [5.41, 5.74) is 0. The number of amides is 2. The third-order valence-corrected chi connectivity index (χ3v) is 3.03. The van der Waals surface area contributed by atoms with Gasteiger partial charge in [-0.25, -0.2) is 9.59 Å². The van der Waals surface area contributed by atoms with Crippen molar-refractivity contribution < 1.29 is 19.8 Å². The Kier molecular flexibility index (Phi) is 4.71. The van der Waals surface area contributed by atoms with Crippen LogP contribution in [-0.4, -0.2) is 77.4 Å². The summed E-state index contributed by atoms with van der Waals surface area (Å²) in [6.45, 7) is 3.26. The molecule has 1 rings (SSSR count). The van der Waals surface area contributed by atoms with Crippen LogP contribution in [0.1, 0.15) is 6.92 Å². The standard InChI is InChI=1S/C10H19N3O4/c1-7-5-13(4-3-12(7)2)10(17)11-8(6-14)9(15)16/h7-8,14H,3-6H2,1-2H3,(H,11,17)(H,15,16)/t7?,8-/m1/s1.